The first-order chi connectivity index (χ1) is 6.53. The lowest BCUT2D eigenvalue weighted by Gasteiger charge is -2.23. The maximum atomic E-state index is 5.69. The van der Waals surface area contributed by atoms with Crippen molar-refractivity contribution in [3.8, 4) is 0 Å². The van der Waals surface area contributed by atoms with Crippen molar-refractivity contribution in [2.24, 2.45) is 5.41 Å². The van der Waals surface area contributed by atoms with Gasteiger partial charge in [-0.25, -0.2) is 4.98 Å². The number of nitrogens with zero attached hydrogens (tertiary/aromatic N) is 1. The molecular weight excluding hydrogens is 196 g/mol. The van der Waals surface area contributed by atoms with E-state index in [-0.39, 0.29) is 0 Å². The molecule has 0 radical (unpaired) electrons. The SMILES string of the molecule is CCC(C)(C)CNc1ccc(Cl)nc1. The van der Waals surface area contributed by atoms with Crippen LogP contribution in [0.3, 0.4) is 0 Å². The Morgan fingerprint density at radius 3 is 2.64 bits per heavy atom. The number of nitrogens with one attached hydrogen (secondary N) is 1. The molecule has 0 amide bonds. The number of pyridine rings is 1. The van der Waals surface area contributed by atoms with Crippen LogP contribution in [0.1, 0.15) is 27.2 Å². The van der Waals surface area contributed by atoms with E-state index in [0.717, 1.165) is 18.7 Å². The van der Waals surface area contributed by atoms with Gasteiger partial charge in [0.15, 0.2) is 0 Å². The van der Waals surface area contributed by atoms with E-state index < -0.39 is 0 Å². The van der Waals surface area contributed by atoms with Crippen LogP contribution in [-0.4, -0.2) is 11.5 Å². The third-order valence-electron chi connectivity index (χ3n) is 2.46. The van der Waals surface area contributed by atoms with Crippen molar-refractivity contribution < 1.29 is 0 Å². The van der Waals surface area contributed by atoms with Gasteiger partial charge in [0.05, 0.1) is 11.9 Å². The average molecular weight is 213 g/mol. The Morgan fingerprint density at radius 1 is 1.43 bits per heavy atom. The van der Waals surface area contributed by atoms with Gasteiger partial charge in [0, 0.05) is 6.54 Å². The van der Waals surface area contributed by atoms with E-state index in [1.807, 2.05) is 6.07 Å². The monoisotopic (exact) mass is 212 g/mol. The van der Waals surface area contributed by atoms with Crippen LogP contribution >= 0.6 is 11.6 Å². The van der Waals surface area contributed by atoms with Crippen molar-refractivity contribution in [3.63, 3.8) is 0 Å². The van der Waals surface area contributed by atoms with Gasteiger partial charge in [-0.1, -0.05) is 32.4 Å². The van der Waals surface area contributed by atoms with Gasteiger partial charge < -0.3 is 5.32 Å². The molecule has 1 aromatic rings. The Morgan fingerprint density at radius 2 is 2.14 bits per heavy atom. The molecule has 14 heavy (non-hydrogen) atoms. The summed E-state index contributed by atoms with van der Waals surface area (Å²) in [5.41, 5.74) is 1.34. The van der Waals surface area contributed by atoms with E-state index in [1.165, 1.54) is 0 Å². The van der Waals surface area contributed by atoms with Gasteiger partial charge in [0.25, 0.3) is 0 Å². The summed E-state index contributed by atoms with van der Waals surface area (Å²) in [5, 5.41) is 3.87. The van der Waals surface area contributed by atoms with Crippen LogP contribution in [0.5, 0.6) is 0 Å². The van der Waals surface area contributed by atoms with Crippen molar-refractivity contribution in [2.75, 3.05) is 11.9 Å². The molecule has 0 aromatic carbocycles. The van der Waals surface area contributed by atoms with E-state index in [1.54, 1.807) is 12.3 Å². The van der Waals surface area contributed by atoms with E-state index >= 15 is 0 Å². The maximum Gasteiger partial charge on any atom is 0.129 e. The number of halogens is 1. The fourth-order valence-electron chi connectivity index (χ4n) is 0.947. The van der Waals surface area contributed by atoms with Crippen LogP contribution in [0, 0.1) is 5.41 Å². The molecule has 0 aliphatic carbocycles. The smallest absolute Gasteiger partial charge is 0.129 e. The molecule has 0 fully saturated rings. The molecule has 78 valence electrons. The first kappa shape index (κ1) is 11.3. The molecule has 0 saturated carbocycles. The van der Waals surface area contributed by atoms with Crippen LogP contribution in [0.15, 0.2) is 18.3 Å². The molecule has 1 N–H and O–H groups in total. The van der Waals surface area contributed by atoms with Crippen molar-refractivity contribution in [1.29, 1.82) is 0 Å². The van der Waals surface area contributed by atoms with Gasteiger partial charge in [0.1, 0.15) is 5.15 Å². The molecule has 3 heteroatoms. The Labute approximate surface area is 90.7 Å². The number of rotatable bonds is 4. The second-order valence-corrected chi connectivity index (χ2v) is 4.63. The molecule has 0 unspecified atom stereocenters. The Bertz CT molecular complexity index is 280. The average Bonchev–Trinajstić information content (AvgIpc) is 2.17. The third-order valence-corrected chi connectivity index (χ3v) is 2.68. The predicted octanol–water partition coefficient (Wildman–Crippen LogP) is 3.58. The first-order valence-electron chi connectivity index (χ1n) is 4.89. The maximum absolute atomic E-state index is 5.69. The summed E-state index contributed by atoms with van der Waals surface area (Å²) in [6, 6.07) is 3.74. The summed E-state index contributed by atoms with van der Waals surface area (Å²) in [6.07, 6.45) is 2.91. The van der Waals surface area contributed by atoms with Gasteiger partial charge in [-0.2, -0.15) is 0 Å². The minimum atomic E-state index is 0.319. The fourth-order valence-corrected chi connectivity index (χ4v) is 1.06. The normalized spacial score (nSPS) is 11.4. The molecule has 1 heterocycles. The van der Waals surface area contributed by atoms with Crippen LogP contribution in [0.4, 0.5) is 5.69 Å². The van der Waals surface area contributed by atoms with Crippen molar-refractivity contribution >= 4 is 17.3 Å². The van der Waals surface area contributed by atoms with Crippen molar-refractivity contribution in [3.05, 3.63) is 23.5 Å². The Hall–Kier alpha value is -0.760. The van der Waals surface area contributed by atoms with Gasteiger partial charge in [0.2, 0.25) is 0 Å². The number of aromatic nitrogens is 1. The highest BCUT2D eigenvalue weighted by Gasteiger charge is 2.14. The molecule has 0 saturated heterocycles. The topological polar surface area (TPSA) is 24.9 Å². The molecule has 0 aliphatic heterocycles. The second-order valence-electron chi connectivity index (χ2n) is 4.24. The van der Waals surface area contributed by atoms with Crippen LogP contribution in [0.2, 0.25) is 5.15 Å². The predicted molar refractivity (Wildman–Crippen MR) is 61.8 cm³/mol. The van der Waals surface area contributed by atoms with E-state index in [4.69, 9.17) is 11.6 Å². The quantitative estimate of drug-likeness (QED) is 0.772. The molecule has 0 aliphatic rings. The highest BCUT2D eigenvalue weighted by molar-refractivity contribution is 6.29. The van der Waals surface area contributed by atoms with Gasteiger partial charge in [-0.3, -0.25) is 0 Å². The summed E-state index contributed by atoms with van der Waals surface area (Å²) in [6.45, 7) is 7.63. The number of hydrogen-bond donors (Lipinski definition) is 1. The minimum absolute atomic E-state index is 0.319. The van der Waals surface area contributed by atoms with Gasteiger partial charge in [-0.05, 0) is 24.0 Å². The van der Waals surface area contributed by atoms with E-state index in [2.05, 4.69) is 31.1 Å². The Kier molecular flexibility index (Phi) is 3.76. The Balaban J connectivity index is 2.50. The molecule has 0 spiro atoms. The lowest BCUT2D eigenvalue weighted by molar-refractivity contribution is 0.377. The summed E-state index contributed by atoms with van der Waals surface area (Å²) in [4.78, 5) is 4.01. The zero-order valence-corrected chi connectivity index (χ0v) is 9.73. The summed E-state index contributed by atoms with van der Waals surface area (Å²) in [5.74, 6) is 0. The zero-order chi connectivity index (χ0) is 10.6. The largest absolute Gasteiger partial charge is 0.383 e. The first-order valence-corrected chi connectivity index (χ1v) is 5.27. The molecule has 0 atom stereocenters. The zero-order valence-electron chi connectivity index (χ0n) is 8.97. The lowest BCUT2D eigenvalue weighted by atomic mass is 9.90. The fraction of sp³-hybridized carbons (Fsp3) is 0.545. The minimum Gasteiger partial charge on any atom is -0.383 e. The standard InChI is InChI=1S/C11H17ClN2/c1-4-11(2,3)8-14-9-5-6-10(12)13-7-9/h5-7,14H,4,8H2,1-3H3. The summed E-state index contributed by atoms with van der Waals surface area (Å²) >= 11 is 5.69. The molecule has 1 rings (SSSR count). The van der Waals surface area contributed by atoms with E-state index in [9.17, 15) is 0 Å². The van der Waals surface area contributed by atoms with Crippen molar-refractivity contribution in [1.82, 2.24) is 4.98 Å². The molecule has 2 nitrogen and oxygen atoms in total. The van der Waals surface area contributed by atoms with Crippen LogP contribution in [-0.2, 0) is 0 Å². The number of anilines is 1. The lowest BCUT2D eigenvalue weighted by Crippen LogP contribution is -2.21. The second kappa shape index (κ2) is 4.65. The molecular formula is C11H17ClN2. The van der Waals surface area contributed by atoms with Crippen molar-refractivity contribution in [2.45, 2.75) is 27.2 Å². The van der Waals surface area contributed by atoms with Gasteiger partial charge >= 0.3 is 0 Å². The molecule has 0 bridgehead atoms. The summed E-state index contributed by atoms with van der Waals surface area (Å²) < 4.78 is 0. The van der Waals surface area contributed by atoms with E-state index in [0.29, 0.717) is 10.6 Å². The van der Waals surface area contributed by atoms with Crippen LogP contribution in [0.25, 0.3) is 0 Å². The molecule has 1 aromatic heterocycles. The highest BCUT2D eigenvalue weighted by atomic mass is 35.5. The highest BCUT2D eigenvalue weighted by Crippen LogP contribution is 2.20. The van der Waals surface area contributed by atoms with Crippen LogP contribution < -0.4 is 5.32 Å². The van der Waals surface area contributed by atoms with Gasteiger partial charge in [-0.15, -0.1) is 0 Å². The number of hydrogen-bond acceptors (Lipinski definition) is 2. The third kappa shape index (κ3) is 3.54. The summed E-state index contributed by atoms with van der Waals surface area (Å²) in [7, 11) is 0.